The van der Waals surface area contributed by atoms with Gasteiger partial charge in [0.25, 0.3) is 0 Å². The van der Waals surface area contributed by atoms with Crippen LogP contribution >= 0.6 is 0 Å². The van der Waals surface area contributed by atoms with Crippen LogP contribution in [0.25, 0.3) is 0 Å². The number of nitrogens with one attached hydrogen (secondary N) is 1. The van der Waals surface area contributed by atoms with Crippen molar-refractivity contribution in [3.8, 4) is 0 Å². The summed E-state index contributed by atoms with van der Waals surface area (Å²) in [5, 5.41) is 3.59. The Balaban J connectivity index is 1.95. The van der Waals surface area contributed by atoms with Crippen LogP contribution in [0.15, 0.2) is 0 Å². The third-order valence-electron chi connectivity index (χ3n) is 5.10. The first-order chi connectivity index (χ1) is 8.85. The monoisotopic (exact) mass is 252 g/mol. The van der Waals surface area contributed by atoms with Crippen molar-refractivity contribution in [2.24, 2.45) is 5.92 Å². The topological polar surface area (TPSA) is 15.3 Å². The Morgan fingerprint density at radius 2 is 1.78 bits per heavy atom. The lowest BCUT2D eigenvalue weighted by molar-refractivity contribution is 0.0998. The zero-order chi connectivity index (χ0) is 12.8. The van der Waals surface area contributed by atoms with Crippen molar-refractivity contribution in [2.45, 2.75) is 76.8 Å². The van der Waals surface area contributed by atoms with Crippen molar-refractivity contribution >= 4 is 0 Å². The molecule has 106 valence electrons. The van der Waals surface area contributed by atoms with Crippen LogP contribution in [0.5, 0.6) is 0 Å². The van der Waals surface area contributed by atoms with Gasteiger partial charge >= 0.3 is 0 Å². The zero-order valence-corrected chi connectivity index (χ0v) is 12.5. The summed E-state index contributed by atoms with van der Waals surface area (Å²) < 4.78 is 0. The van der Waals surface area contributed by atoms with E-state index in [0.717, 1.165) is 18.0 Å². The Morgan fingerprint density at radius 1 is 1.06 bits per heavy atom. The summed E-state index contributed by atoms with van der Waals surface area (Å²) in [6.45, 7) is 5.04. The lowest BCUT2D eigenvalue weighted by Crippen LogP contribution is -2.52. The maximum Gasteiger partial charge on any atom is 0.0251 e. The van der Waals surface area contributed by atoms with Crippen LogP contribution in [-0.2, 0) is 0 Å². The molecule has 2 fully saturated rings. The molecule has 1 saturated heterocycles. The molecule has 0 aromatic carbocycles. The van der Waals surface area contributed by atoms with E-state index in [-0.39, 0.29) is 0 Å². The molecule has 0 radical (unpaired) electrons. The van der Waals surface area contributed by atoms with Gasteiger partial charge in [-0.1, -0.05) is 32.6 Å². The molecule has 2 aliphatic rings. The summed E-state index contributed by atoms with van der Waals surface area (Å²) in [6.07, 6.45) is 12.8. The molecule has 1 aliphatic carbocycles. The lowest BCUT2D eigenvalue weighted by atomic mass is 9.79. The third-order valence-corrected chi connectivity index (χ3v) is 5.10. The van der Waals surface area contributed by atoms with E-state index in [1.54, 1.807) is 0 Å². The standard InChI is InChI=1S/C16H32N2/c1-3-8-14-9-10-15(17-2)16(13-14)18-11-6-4-5-7-12-18/h14-17H,3-13H2,1-2H3. The van der Waals surface area contributed by atoms with Crippen molar-refractivity contribution in [1.29, 1.82) is 0 Å². The number of nitrogens with zero attached hydrogens (tertiary/aromatic N) is 1. The number of rotatable bonds is 4. The molecular weight excluding hydrogens is 220 g/mol. The molecule has 0 aromatic rings. The van der Waals surface area contributed by atoms with Crippen LogP contribution in [-0.4, -0.2) is 37.1 Å². The fourth-order valence-electron chi connectivity index (χ4n) is 4.07. The van der Waals surface area contributed by atoms with Gasteiger partial charge in [0, 0.05) is 12.1 Å². The van der Waals surface area contributed by atoms with Crippen LogP contribution in [0.3, 0.4) is 0 Å². The second-order valence-corrected chi connectivity index (χ2v) is 6.38. The fourth-order valence-corrected chi connectivity index (χ4v) is 4.07. The highest BCUT2D eigenvalue weighted by atomic mass is 15.2. The van der Waals surface area contributed by atoms with Crippen molar-refractivity contribution < 1.29 is 0 Å². The number of likely N-dealkylation sites (tertiary alicyclic amines) is 1. The largest absolute Gasteiger partial charge is 0.315 e. The van der Waals surface area contributed by atoms with E-state index in [9.17, 15) is 0 Å². The molecule has 2 heteroatoms. The zero-order valence-electron chi connectivity index (χ0n) is 12.5. The maximum absolute atomic E-state index is 3.59. The second-order valence-electron chi connectivity index (χ2n) is 6.38. The quantitative estimate of drug-likeness (QED) is 0.825. The molecule has 1 aliphatic heterocycles. The average molecular weight is 252 g/mol. The van der Waals surface area contributed by atoms with Gasteiger partial charge in [-0.15, -0.1) is 0 Å². The van der Waals surface area contributed by atoms with Gasteiger partial charge in [0.05, 0.1) is 0 Å². The van der Waals surface area contributed by atoms with Gasteiger partial charge in [-0.05, 0) is 58.2 Å². The van der Waals surface area contributed by atoms with Crippen molar-refractivity contribution in [3.05, 3.63) is 0 Å². The van der Waals surface area contributed by atoms with E-state index in [4.69, 9.17) is 0 Å². The molecule has 0 amide bonds. The van der Waals surface area contributed by atoms with Crippen LogP contribution in [0, 0.1) is 5.92 Å². The van der Waals surface area contributed by atoms with Gasteiger partial charge in [-0.2, -0.15) is 0 Å². The van der Waals surface area contributed by atoms with Gasteiger partial charge < -0.3 is 5.32 Å². The highest BCUT2D eigenvalue weighted by Crippen LogP contribution is 2.32. The Morgan fingerprint density at radius 3 is 2.39 bits per heavy atom. The first-order valence-electron chi connectivity index (χ1n) is 8.26. The smallest absolute Gasteiger partial charge is 0.0251 e. The maximum atomic E-state index is 3.59. The van der Waals surface area contributed by atoms with Crippen molar-refractivity contribution in [1.82, 2.24) is 10.2 Å². The summed E-state index contributed by atoms with van der Waals surface area (Å²) in [4.78, 5) is 2.82. The SMILES string of the molecule is CCCC1CCC(NC)C(N2CCCCCC2)C1. The Bertz CT molecular complexity index is 221. The minimum atomic E-state index is 0.746. The minimum Gasteiger partial charge on any atom is -0.315 e. The van der Waals surface area contributed by atoms with Gasteiger partial charge in [0.2, 0.25) is 0 Å². The van der Waals surface area contributed by atoms with Gasteiger partial charge in [0.15, 0.2) is 0 Å². The molecule has 0 aromatic heterocycles. The molecule has 2 rings (SSSR count). The number of hydrogen-bond acceptors (Lipinski definition) is 2. The molecule has 1 N–H and O–H groups in total. The first kappa shape index (κ1) is 14.3. The molecule has 1 heterocycles. The second kappa shape index (κ2) is 7.49. The molecule has 2 nitrogen and oxygen atoms in total. The number of likely N-dealkylation sites (N-methyl/N-ethyl adjacent to an activating group) is 1. The van der Waals surface area contributed by atoms with Gasteiger partial charge in [0.1, 0.15) is 0 Å². The van der Waals surface area contributed by atoms with E-state index in [1.807, 2.05) is 0 Å². The molecular formula is C16H32N2. The molecule has 3 atom stereocenters. The van der Waals surface area contributed by atoms with Crippen molar-refractivity contribution in [2.75, 3.05) is 20.1 Å². The molecule has 0 bridgehead atoms. The van der Waals surface area contributed by atoms with Crippen LogP contribution < -0.4 is 5.32 Å². The lowest BCUT2D eigenvalue weighted by Gasteiger charge is -2.42. The van der Waals surface area contributed by atoms with Crippen LogP contribution in [0.2, 0.25) is 0 Å². The minimum absolute atomic E-state index is 0.746. The Hall–Kier alpha value is -0.0800. The van der Waals surface area contributed by atoms with Crippen LogP contribution in [0.1, 0.15) is 64.7 Å². The molecule has 0 spiro atoms. The normalized spacial score (nSPS) is 35.3. The molecule has 1 saturated carbocycles. The summed E-state index contributed by atoms with van der Waals surface area (Å²) >= 11 is 0. The highest BCUT2D eigenvalue weighted by molar-refractivity contribution is 4.91. The van der Waals surface area contributed by atoms with Crippen molar-refractivity contribution in [3.63, 3.8) is 0 Å². The fraction of sp³-hybridized carbons (Fsp3) is 1.00. The summed E-state index contributed by atoms with van der Waals surface area (Å²) in [6, 6.07) is 1.56. The summed E-state index contributed by atoms with van der Waals surface area (Å²) in [5.41, 5.74) is 0. The van der Waals surface area contributed by atoms with Crippen LogP contribution in [0.4, 0.5) is 0 Å². The van der Waals surface area contributed by atoms with Gasteiger partial charge in [-0.3, -0.25) is 4.90 Å². The third kappa shape index (κ3) is 3.71. The van der Waals surface area contributed by atoms with E-state index >= 15 is 0 Å². The average Bonchev–Trinajstić information content (AvgIpc) is 2.68. The first-order valence-corrected chi connectivity index (χ1v) is 8.26. The van der Waals surface area contributed by atoms with E-state index in [2.05, 4.69) is 24.2 Å². The van der Waals surface area contributed by atoms with E-state index < -0.39 is 0 Å². The summed E-state index contributed by atoms with van der Waals surface area (Å²) in [7, 11) is 2.16. The predicted molar refractivity (Wildman–Crippen MR) is 78.9 cm³/mol. The molecule has 18 heavy (non-hydrogen) atoms. The van der Waals surface area contributed by atoms with Gasteiger partial charge in [-0.25, -0.2) is 0 Å². The highest BCUT2D eigenvalue weighted by Gasteiger charge is 2.33. The predicted octanol–water partition coefficient (Wildman–Crippen LogP) is 3.42. The van der Waals surface area contributed by atoms with E-state index in [0.29, 0.717) is 0 Å². The van der Waals surface area contributed by atoms with E-state index in [1.165, 1.54) is 70.9 Å². The Kier molecular flexibility index (Phi) is 5.97. The Labute approximate surface area is 114 Å². The molecule has 3 unspecified atom stereocenters. The number of hydrogen-bond donors (Lipinski definition) is 1. The summed E-state index contributed by atoms with van der Waals surface area (Å²) in [5.74, 6) is 0.993.